The van der Waals surface area contributed by atoms with Crippen molar-refractivity contribution in [2.45, 2.75) is 19.6 Å². The number of halogens is 3. The maximum atomic E-state index is 14.0. The molecule has 2 aromatic heterocycles. The third-order valence-electron chi connectivity index (χ3n) is 4.14. The molecule has 0 radical (unpaired) electrons. The van der Waals surface area contributed by atoms with Gasteiger partial charge in [0.2, 0.25) is 0 Å². The molecule has 3 rings (SSSR count). The highest BCUT2D eigenvalue weighted by atomic mass is 127. The summed E-state index contributed by atoms with van der Waals surface area (Å²) in [4.78, 5) is 16.1. The van der Waals surface area contributed by atoms with E-state index in [-0.39, 0.29) is 12.1 Å². The van der Waals surface area contributed by atoms with Crippen molar-refractivity contribution in [2.24, 2.45) is 0 Å². The highest BCUT2D eigenvalue weighted by Gasteiger charge is 2.25. The summed E-state index contributed by atoms with van der Waals surface area (Å²) < 4.78 is 34.3. The van der Waals surface area contributed by atoms with Crippen molar-refractivity contribution in [1.82, 2.24) is 9.55 Å². The minimum absolute atomic E-state index is 0.106. The zero-order chi connectivity index (χ0) is 19.0. The molecule has 0 spiro atoms. The number of ether oxygens (including phenoxy) is 1. The second-order valence-electron chi connectivity index (χ2n) is 5.74. The Labute approximate surface area is 161 Å². The molecule has 0 aliphatic rings. The van der Waals surface area contributed by atoms with Crippen LogP contribution in [-0.4, -0.2) is 27.7 Å². The number of carbonyl (C=O) groups excluding carboxylic acids is 1. The van der Waals surface area contributed by atoms with Crippen LogP contribution in [0.5, 0.6) is 0 Å². The first-order valence-corrected chi connectivity index (χ1v) is 8.76. The van der Waals surface area contributed by atoms with Crippen LogP contribution in [0.1, 0.15) is 22.9 Å². The second-order valence-corrected chi connectivity index (χ2v) is 6.82. The summed E-state index contributed by atoms with van der Waals surface area (Å²) in [6, 6.07) is 5.79. The van der Waals surface area contributed by atoms with Crippen molar-refractivity contribution in [3.8, 4) is 0 Å². The Morgan fingerprint density at radius 1 is 1.38 bits per heavy atom. The molecular formula is C18H15F2IN2O3. The van der Waals surface area contributed by atoms with Crippen molar-refractivity contribution in [1.29, 1.82) is 0 Å². The molecule has 0 fully saturated rings. The zero-order valence-electron chi connectivity index (χ0n) is 14.0. The molecule has 8 heteroatoms. The van der Waals surface area contributed by atoms with E-state index in [4.69, 9.17) is 0 Å². The number of rotatable bonds is 4. The van der Waals surface area contributed by atoms with E-state index < -0.39 is 23.7 Å². The van der Waals surface area contributed by atoms with Gasteiger partial charge in [-0.2, -0.15) is 0 Å². The summed E-state index contributed by atoms with van der Waals surface area (Å²) in [5.41, 5.74) is 1.59. The van der Waals surface area contributed by atoms with Gasteiger partial charge in [0.1, 0.15) is 5.65 Å². The lowest BCUT2D eigenvalue weighted by molar-refractivity contribution is -0.150. The van der Waals surface area contributed by atoms with Crippen LogP contribution in [0.25, 0.3) is 11.0 Å². The smallest absolute Gasteiger partial charge is 0.339 e. The number of fused-ring (bicyclic) bond motifs is 1. The highest BCUT2D eigenvalue weighted by Crippen LogP contribution is 2.31. The number of methoxy groups -OCH3 is 1. The number of esters is 1. The van der Waals surface area contributed by atoms with E-state index in [0.29, 0.717) is 25.9 Å². The van der Waals surface area contributed by atoms with E-state index in [2.05, 4.69) is 9.72 Å². The molecule has 5 nitrogen and oxygen atoms in total. The van der Waals surface area contributed by atoms with Gasteiger partial charge in [0.15, 0.2) is 17.7 Å². The van der Waals surface area contributed by atoms with Crippen molar-refractivity contribution < 1.29 is 23.4 Å². The fraction of sp³-hybridized carbons (Fsp3) is 0.222. The molecule has 1 aromatic carbocycles. The van der Waals surface area contributed by atoms with Crippen molar-refractivity contribution in [3.63, 3.8) is 0 Å². The van der Waals surface area contributed by atoms with E-state index in [1.807, 2.05) is 22.6 Å². The number of carbonyl (C=O) groups is 1. The largest absolute Gasteiger partial charge is 0.467 e. The third kappa shape index (κ3) is 3.18. The van der Waals surface area contributed by atoms with Crippen LogP contribution < -0.4 is 0 Å². The first kappa shape index (κ1) is 18.7. The minimum atomic E-state index is -1.44. The summed E-state index contributed by atoms with van der Waals surface area (Å²) in [7, 11) is 1.20. The van der Waals surface area contributed by atoms with Crippen LogP contribution in [0.2, 0.25) is 0 Å². The first-order valence-electron chi connectivity index (χ1n) is 7.68. The van der Waals surface area contributed by atoms with E-state index in [9.17, 15) is 18.7 Å². The van der Waals surface area contributed by atoms with E-state index >= 15 is 0 Å². The molecule has 0 saturated carbocycles. The summed E-state index contributed by atoms with van der Waals surface area (Å²) in [6.45, 7) is 1.78. The SMILES string of the molecule is COC(=O)[C@@H](O)c1c(C)nc2c(ccn2Cc2cccc(F)c2F)c1I. The average molecular weight is 472 g/mol. The number of nitrogens with zero attached hydrogens (tertiary/aromatic N) is 2. The van der Waals surface area contributed by atoms with Gasteiger partial charge in [-0.3, -0.25) is 0 Å². The Kier molecular flexibility index (Phi) is 5.24. The number of aliphatic hydroxyl groups excluding tert-OH is 1. The van der Waals surface area contributed by atoms with E-state index in [0.717, 1.165) is 6.07 Å². The number of benzene rings is 1. The summed E-state index contributed by atoms with van der Waals surface area (Å²) >= 11 is 2.03. The molecule has 136 valence electrons. The van der Waals surface area contributed by atoms with Gasteiger partial charge in [-0.25, -0.2) is 18.6 Å². The molecular weight excluding hydrogens is 457 g/mol. The van der Waals surface area contributed by atoms with Crippen LogP contribution >= 0.6 is 22.6 Å². The molecule has 0 aliphatic carbocycles. The number of hydrogen-bond acceptors (Lipinski definition) is 4. The predicted octanol–water partition coefficient (Wildman–Crippen LogP) is 3.48. The first-order chi connectivity index (χ1) is 12.3. The number of hydrogen-bond donors (Lipinski definition) is 1. The third-order valence-corrected chi connectivity index (χ3v) is 5.30. The quantitative estimate of drug-likeness (QED) is 0.467. The van der Waals surface area contributed by atoms with Gasteiger partial charge in [-0.15, -0.1) is 0 Å². The summed E-state index contributed by atoms with van der Waals surface area (Å²) in [6.07, 6.45) is 0.269. The summed E-state index contributed by atoms with van der Waals surface area (Å²) in [5.74, 6) is -2.56. The normalized spacial score (nSPS) is 12.4. The van der Waals surface area contributed by atoms with Gasteiger partial charge in [0.25, 0.3) is 0 Å². The molecule has 0 saturated heterocycles. The molecule has 1 atom stereocenters. The molecule has 3 aromatic rings. The molecule has 0 unspecified atom stereocenters. The molecule has 0 aliphatic heterocycles. The molecule has 1 N–H and O–H groups in total. The Morgan fingerprint density at radius 2 is 2.12 bits per heavy atom. The van der Waals surface area contributed by atoms with Gasteiger partial charge in [-0.1, -0.05) is 12.1 Å². The van der Waals surface area contributed by atoms with Crippen molar-refractivity contribution in [2.75, 3.05) is 7.11 Å². The van der Waals surface area contributed by atoms with Crippen LogP contribution in [0.15, 0.2) is 30.5 Å². The molecule has 0 amide bonds. The predicted molar refractivity (Wildman–Crippen MR) is 99.6 cm³/mol. The Morgan fingerprint density at radius 3 is 2.81 bits per heavy atom. The maximum absolute atomic E-state index is 14.0. The van der Waals surface area contributed by atoms with Gasteiger partial charge in [-0.05, 0) is 41.6 Å². The monoisotopic (exact) mass is 472 g/mol. The van der Waals surface area contributed by atoms with Crippen LogP contribution in [0.4, 0.5) is 8.78 Å². The lowest BCUT2D eigenvalue weighted by atomic mass is 10.1. The van der Waals surface area contributed by atoms with Gasteiger partial charge >= 0.3 is 5.97 Å². The highest BCUT2D eigenvalue weighted by molar-refractivity contribution is 14.1. The lowest BCUT2D eigenvalue weighted by Crippen LogP contribution is -2.17. The number of aromatic nitrogens is 2. The minimum Gasteiger partial charge on any atom is -0.467 e. The van der Waals surface area contributed by atoms with Crippen LogP contribution in [0.3, 0.4) is 0 Å². The van der Waals surface area contributed by atoms with Crippen LogP contribution in [0, 0.1) is 22.1 Å². The van der Waals surface area contributed by atoms with Gasteiger partial charge in [0.05, 0.1) is 13.7 Å². The lowest BCUT2D eigenvalue weighted by Gasteiger charge is -2.15. The van der Waals surface area contributed by atoms with E-state index in [1.165, 1.54) is 19.2 Å². The van der Waals surface area contributed by atoms with Crippen molar-refractivity contribution >= 4 is 39.6 Å². The van der Waals surface area contributed by atoms with Crippen LogP contribution in [-0.2, 0) is 16.1 Å². The number of aliphatic hydroxyl groups is 1. The molecule has 2 heterocycles. The second kappa shape index (κ2) is 7.28. The van der Waals surface area contributed by atoms with Gasteiger partial charge < -0.3 is 14.4 Å². The summed E-state index contributed by atoms with van der Waals surface area (Å²) in [5, 5.41) is 10.9. The fourth-order valence-corrected chi connectivity index (χ4v) is 3.92. The zero-order valence-corrected chi connectivity index (χ0v) is 16.1. The maximum Gasteiger partial charge on any atom is 0.339 e. The number of pyridine rings is 1. The Balaban J connectivity index is 2.08. The number of aryl methyl sites for hydroxylation is 1. The van der Waals surface area contributed by atoms with Crippen molar-refractivity contribution in [3.05, 3.63) is 62.5 Å². The Bertz CT molecular complexity index is 1000. The average Bonchev–Trinajstić information content (AvgIpc) is 3.01. The molecule has 0 bridgehead atoms. The Hall–Kier alpha value is -2.07. The molecule has 26 heavy (non-hydrogen) atoms. The van der Waals surface area contributed by atoms with Gasteiger partial charge in [0, 0.05) is 32.0 Å². The van der Waals surface area contributed by atoms with E-state index in [1.54, 1.807) is 23.8 Å². The standard InChI is InChI=1S/C18H15F2IN2O3/c1-9-13(16(24)18(25)26-2)15(21)11-6-7-23(17(11)22-9)8-10-4-3-5-12(19)14(10)20/h3-7,16,24H,8H2,1-2H3/t16-/m0/s1. The topological polar surface area (TPSA) is 64.3 Å². The fourth-order valence-electron chi connectivity index (χ4n) is 2.81.